The van der Waals surface area contributed by atoms with Crippen molar-refractivity contribution in [2.75, 3.05) is 0 Å². The van der Waals surface area contributed by atoms with Gasteiger partial charge in [-0.2, -0.15) is 0 Å². The summed E-state index contributed by atoms with van der Waals surface area (Å²) in [5, 5.41) is 2.78. The number of hydrogen-bond donors (Lipinski definition) is 2. The summed E-state index contributed by atoms with van der Waals surface area (Å²) in [5.74, 6) is 5.63. The first kappa shape index (κ1) is 13.1. The summed E-state index contributed by atoms with van der Waals surface area (Å²) >= 11 is 11.3. The van der Waals surface area contributed by atoms with Gasteiger partial charge in [0.15, 0.2) is 0 Å². The average Bonchev–Trinajstić information content (AvgIpc) is 2.82. The lowest BCUT2D eigenvalue weighted by molar-refractivity contribution is 0.553. The van der Waals surface area contributed by atoms with Crippen molar-refractivity contribution < 1.29 is 0 Å². The number of nitrogens with one attached hydrogen (secondary N) is 1. The molecular weight excluding hydrogens is 320 g/mol. The minimum absolute atomic E-state index is 0.0572. The molecule has 0 saturated carbocycles. The Labute approximate surface area is 118 Å². The largest absolute Gasteiger partial charge is 0.271 e. The first-order chi connectivity index (χ1) is 8.20. The molecule has 17 heavy (non-hydrogen) atoms. The monoisotopic (exact) mass is 330 g/mol. The molecule has 90 valence electrons. The molecule has 0 spiro atoms. The van der Waals surface area contributed by atoms with Gasteiger partial charge in [0.2, 0.25) is 0 Å². The van der Waals surface area contributed by atoms with E-state index in [2.05, 4.69) is 32.8 Å². The summed E-state index contributed by atoms with van der Waals surface area (Å²) in [5.41, 5.74) is 3.92. The van der Waals surface area contributed by atoms with Gasteiger partial charge < -0.3 is 0 Å². The van der Waals surface area contributed by atoms with Crippen molar-refractivity contribution in [1.82, 2.24) is 5.43 Å². The van der Waals surface area contributed by atoms with Gasteiger partial charge in [-0.15, -0.1) is 11.3 Å². The standard InChI is InChI=1S/C12H12BrClN2S/c13-11-4-3-8(14)6-10(11)12(16-15)7-9-2-1-5-17-9/h1-6,12,16H,7,15H2. The summed E-state index contributed by atoms with van der Waals surface area (Å²) in [7, 11) is 0. The Bertz CT molecular complexity index is 487. The fourth-order valence-electron chi connectivity index (χ4n) is 1.67. The van der Waals surface area contributed by atoms with Crippen LogP contribution in [0.1, 0.15) is 16.5 Å². The summed E-state index contributed by atoms with van der Waals surface area (Å²) in [6.07, 6.45) is 0.854. The number of thiophene rings is 1. The van der Waals surface area contributed by atoms with Crippen LogP contribution in [0.15, 0.2) is 40.2 Å². The van der Waals surface area contributed by atoms with Gasteiger partial charge in [0.05, 0.1) is 6.04 Å². The highest BCUT2D eigenvalue weighted by Crippen LogP contribution is 2.29. The maximum Gasteiger partial charge on any atom is 0.0519 e. The Balaban J connectivity index is 2.25. The Morgan fingerprint density at radius 3 is 2.88 bits per heavy atom. The van der Waals surface area contributed by atoms with E-state index in [1.165, 1.54) is 4.88 Å². The first-order valence-corrected chi connectivity index (χ1v) is 7.19. The second-order valence-electron chi connectivity index (χ2n) is 3.67. The lowest BCUT2D eigenvalue weighted by Crippen LogP contribution is -2.29. The maximum atomic E-state index is 6.01. The van der Waals surface area contributed by atoms with Gasteiger partial charge in [-0.25, -0.2) is 0 Å². The molecule has 0 bridgehead atoms. The molecule has 0 aliphatic rings. The Morgan fingerprint density at radius 2 is 2.24 bits per heavy atom. The molecule has 1 aromatic carbocycles. The summed E-state index contributed by atoms with van der Waals surface area (Å²) in [4.78, 5) is 1.29. The quantitative estimate of drug-likeness (QED) is 0.658. The van der Waals surface area contributed by atoms with E-state index < -0.39 is 0 Å². The van der Waals surface area contributed by atoms with Crippen LogP contribution in [0.5, 0.6) is 0 Å². The predicted molar refractivity (Wildman–Crippen MR) is 77.2 cm³/mol. The zero-order valence-corrected chi connectivity index (χ0v) is 12.1. The zero-order valence-electron chi connectivity index (χ0n) is 8.99. The minimum Gasteiger partial charge on any atom is -0.271 e. The molecule has 1 heterocycles. The third-order valence-corrected chi connectivity index (χ3v) is 4.38. The molecule has 1 aromatic heterocycles. The average molecular weight is 332 g/mol. The van der Waals surface area contributed by atoms with Gasteiger partial charge in [-0.1, -0.05) is 33.6 Å². The van der Waals surface area contributed by atoms with Crippen LogP contribution in [-0.4, -0.2) is 0 Å². The summed E-state index contributed by atoms with van der Waals surface area (Å²) < 4.78 is 1.02. The van der Waals surface area contributed by atoms with Crippen LogP contribution < -0.4 is 11.3 Å². The Morgan fingerprint density at radius 1 is 1.41 bits per heavy atom. The van der Waals surface area contributed by atoms with Crippen molar-refractivity contribution in [1.29, 1.82) is 0 Å². The Kier molecular flexibility index (Phi) is 4.59. The minimum atomic E-state index is 0.0572. The molecule has 2 aromatic rings. The SMILES string of the molecule is NNC(Cc1cccs1)c1cc(Cl)ccc1Br. The molecule has 0 saturated heterocycles. The van der Waals surface area contributed by atoms with E-state index in [4.69, 9.17) is 17.4 Å². The molecule has 1 atom stereocenters. The van der Waals surface area contributed by atoms with Crippen molar-refractivity contribution in [3.8, 4) is 0 Å². The third kappa shape index (κ3) is 3.30. The zero-order chi connectivity index (χ0) is 12.3. The Hall–Kier alpha value is -0.390. The van der Waals surface area contributed by atoms with Crippen LogP contribution >= 0.6 is 38.9 Å². The highest BCUT2D eigenvalue weighted by Gasteiger charge is 2.14. The fourth-order valence-corrected chi connectivity index (χ4v) is 3.13. The van der Waals surface area contributed by atoms with E-state index in [1.807, 2.05) is 24.3 Å². The van der Waals surface area contributed by atoms with Crippen LogP contribution in [-0.2, 0) is 6.42 Å². The number of nitrogens with two attached hydrogens (primary N) is 1. The van der Waals surface area contributed by atoms with Gasteiger partial charge in [-0.05, 0) is 35.2 Å². The molecule has 0 amide bonds. The maximum absolute atomic E-state index is 6.01. The van der Waals surface area contributed by atoms with E-state index in [0.717, 1.165) is 21.5 Å². The van der Waals surface area contributed by atoms with E-state index >= 15 is 0 Å². The summed E-state index contributed by atoms with van der Waals surface area (Å²) in [6, 6.07) is 9.93. The topological polar surface area (TPSA) is 38.0 Å². The van der Waals surface area contributed by atoms with Gasteiger partial charge in [0, 0.05) is 20.8 Å². The number of halogens is 2. The van der Waals surface area contributed by atoms with Crippen LogP contribution in [0.2, 0.25) is 5.02 Å². The molecule has 0 radical (unpaired) electrons. The summed E-state index contributed by atoms with van der Waals surface area (Å²) in [6.45, 7) is 0. The second kappa shape index (κ2) is 5.98. The van der Waals surface area contributed by atoms with Gasteiger partial charge in [-0.3, -0.25) is 11.3 Å². The number of hydrazine groups is 1. The molecule has 0 fully saturated rings. The third-order valence-electron chi connectivity index (χ3n) is 2.52. The molecule has 5 heteroatoms. The van der Waals surface area contributed by atoms with E-state index in [-0.39, 0.29) is 6.04 Å². The number of rotatable bonds is 4. The predicted octanol–water partition coefficient (Wildman–Crippen LogP) is 3.91. The molecule has 2 nitrogen and oxygen atoms in total. The molecular formula is C12H12BrClN2S. The molecule has 0 aliphatic heterocycles. The number of hydrogen-bond acceptors (Lipinski definition) is 3. The van der Waals surface area contributed by atoms with E-state index in [9.17, 15) is 0 Å². The second-order valence-corrected chi connectivity index (χ2v) is 5.99. The highest BCUT2D eigenvalue weighted by atomic mass is 79.9. The van der Waals surface area contributed by atoms with Gasteiger partial charge >= 0.3 is 0 Å². The lowest BCUT2D eigenvalue weighted by atomic mass is 10.0. The van der Waals surface area contributed by atoms with Crippen molar-refractivity contribution in [3.63, 3.8) is 0 Å². The van der Waals surface area contributed by atoms with Gasteiger partial charge in [0.1, 0.15) is 0 Å². The van der Waals surface area contributed by atoms with Gasteiger partial charge in [0.25, 0.3) is 0 Å². The van der Waals surface area contributed by atoms with Crippen LogP contribution in [0.4, 0.5) is 0 Å². The normalized spacial score (nSPS) is 12.6. The van der Waals surface area contributed by atoms with Crippen LogP contribution in [0.3, 0.4) is 0 Å². The molecule has 1 unspecified atom stereocenters. The molecule has 2 rings (SSSR count). The van der Waals surface area contributed by atoms with Crippen molar-refractivity contribution in [2.24, 2.45) is 5.84 Å². The molecule has 0 aliphatic carbocycles. The first-order valence-electron chi connectivity index (χ1n) is 5.14. The fraction of sp³-hybridized carbons (Fsp3) is 0.167. The number of benzene rings is 1. The van der Waals surface area contributed by atoms with E-state index in [1.54, 1.807) is 11.3 Å². The van der Waals surface area contributed by atoms with Crippen molar-refractivity contribution in [3.05, 3.63) is 55.6 Å². The molecule has 3 N–H and O–H groups in total. The van der Waals surface area contributed by atoms with Crippen LogP contribution in [0.25, 0.3) is 0 Å². The van der Waals surface area contributed by atoms with E-state index in [0.29, 0.717) is 0 Å². The highest BCUT2D eigenvalue weighted by molar-refractivity contribution is 9.10. The smallest absolute Gasteiger partial charge is 0.0519 e. The lowest BCUT2D eigenvalue weighted by Gasteiger charge is -2.17. The van der Waals surface area contributed by atoms with Crippen LogP contribution in [0, 0.1) is 0 Å². The van der Waals surface area contributed by atoms with Crippen molar-refractivity contribution >= 4 is 38.9 Å². The van der Waals surface area contributed by atoms with Crippen molar-refractivity contribution in [2.45, 2.75) is 12.5 Å².